The third kappa shape index (κ3) is 16.6. The van der Waals surface area contributed by atoms with Crippen LogP contribution < -0.4 is 0 Å². The van der Waals surface area contributed by atoms with Gasteiger partial charge in [-0.05, 0) is 104 Å². The van der Waals surface area contributed by atoms with Crippen LogP contribution in [0, 0.1) is 33.5 Å². The topological polar surface area (TPSA) is 20.2 Å². The molecule has 5 unspecified atom stereocenters. The Morgan fingerprint density at radius 1 is 0.674 bits per heavy atom. The van der Waals surface area contributed by atoms with Crippen LogP contribution in [-0.4, -0.2) is 16.1 Å². The zero-order valence-electron chi connectivity index (χ0n) is 32.6. The average Bonchev–Trinajstić information content (AvgIpc) is 3.34. The number of hydrogen-bond acceptors (Lipinski definition) is 1. The van der Waals surface area contributed by atoms with Crippen molar-refractivity contribution in [1.82, 2.24) is 0 Å². The Morgan fingerprint density at radius 3 is 1.78 bits per heavy atom. The third-order valence-corrected chi connectivity index (χ3v) is 14.9. The minimum absolute atomic E-state index is 0.361. The SMILES string of the molecule is CCCCCCC1(C)CC(CI)CC1CC(C)(CCCC(C)(CC)CCCCCCO)CC1(C)CCCCCCCCCCCC1. The lowest BCUT2D eigenvalue weighted by Crippen LogP contribution is -2.34. The van der Waals surface area contributed by atoms with Gasteiger partial charge in [-0.15, -0.1) is 0 Å². The molecule has 5 atom stereocenters. The predicted octanol–water partition coefficient (Wildman–Crippen LogP) is 15.4. The molecule has 0 spiro atoms. The van der Waals surface area contributed by atoms with Crippen molar-refractivity contribution >= 4 is 22.6 Å². The first kappa shape index (κ1) is 42.9. The lowest BCUT2D eigenvalue weighted by atomic mass is 9.60. The van der Waals surface area contributed by atoms with Gasteiger partial charge < -0.3 is 5.11 Å². The molecule has 2 heteroatoms. The van der Waals surface area contributed by atoms with Crippen molar-refractivity contribution < 1.29 is 5.11 Å². The maximum Gasteiger partial charge on any atom is 0.0431 e. The summed E-state index contributed by atoms with van der Waals surface area (Å²) in [6.45, 7) is 16.1. The highest BCUT2D eigenvalue weighted by molar-refractivity contribution is 14.1. The standard InChI is InChI=1S/C44H85IO/c1-7-9-10-24-32-44(6)35-39(37-45)34-40(44)36-43(5,31-26-30-41(3,8-2)27-21-19-20-25-33-46)38-42(4)28-22-17-15-13-11-12-14-16-18-23-29-42/h39-40,46H,7-38H2,1-6H3. The molecule has 0 aromatic rings. The zero-order valence-corrected chi connectivity index (χ0v) is 34.8. The minimum Gasteiger partial charge on any atom is -0.396 e. The molecule has 274 valence electrons. The van der Waals surface area contributed by atoms with Gasteiger partial charge in [0.25, 0.3) is 0 Å². The summed E-state index contributed by atoms with van der Waals surface area (Å²) in [4.78, 5) is 0. The Balaban J connectivity index is 2.23. The van der Waals surface area contributed by atoms with Crippen LogP contribution in [0.4, 0.5) is 0 Å². The molecule has 2 aliphatic carbocycles. The monoisotopic (exact) mass is 757 g/mol. The van der Waals surface area contributed by atoms with E-state index in [4.69, 9.17) is 0 Å². The van der Waals surface area contributed by atoms with E-state index >= 15 is 0 Å². The molecular weight excluding hydrogens is 671 g/mol. The van der Waals surface area contributed by atoms with Crippen LogP contribution in [0.15, 0.2) is 0 Å². The number of aliphatic hydroxyl groups is 1. The largest absolute Gasteiger partial charge is 0.396 e. The number of alkyl halides is 1. The Morgan fingerprint density at radius 2 is 1.22 bits per heavy atom. The number of hydrogen-bond donors (Lipinski definition) is 1. The van der Waals surface area contributed by atoms with Crippen LogP contribution in [0.3, 0.4) is 0 Å². The average molecular weight is 757 g/mol. The maximum atomic E-state index is 9.22. The van der Waals surface area contributed by atoms with Gasteiger partial charge in [-0.2, -0.15) is 0 Å². The summed E-state index contributed by atoms with van der Waals surface area (Å²) in [5.74, 6) is 1.86. The molecule has 0 amide bonds. The van der Waals surface area contributed by atoms with Gasteiger partial charge in [0.1, 0.15) is 0 Å². The van der Waals surface area contributed by atoms with Crippen LogP contribution in [0.25, 0.3) is 0 Å². The summed E-state index contributed by atoms with van der Waals surface area (Å²) in [6, 6.07) is 0. The number of unbranched alkanes of at least 4 members (excludes halogenated alkanes) is 6. The second-order valence-electron chi connectivity index (χ2n) is 18.6. The van der Waals surface area contributed by atoms with Crippen molar-refractivity contribution in [3.05, 3.63) is 0 Å². The number of rotatable bonds is 21. The van der Waals surface area contributed by atoms with E-state index in [0.29, 0.717) is 28.3 Å². The third-order valence-electron chi connectivity index (χ3n) is 13.7. The van der Waals surface area contributed by atoms with Crippen molar-refractivity contribution in [3.63, 3.8) is 0 Å². The molecule has 1 N–H and O–H groups in total. The summed E-state index contributed by atoms with van der Waals surface area (Å²) in [5.41, 5.74) is 2.03. The molecule has 0 aliphatic heterocycles. The van der Waals surface area contributed by atoms with Crippen molar-refractivity contribution in [2.45, 2.75) is 234 Å². The highest BCUT2D eigenvalue weighted by Crippen LogP contribution is 2.57. The predicted molar refractivity (Wildman–Crippen MR) is 215 cm³/mol. The Bertz CT molecular complexity index is 736. The van der Waals surface area contributed by atoms with Gasteiger partial charge in [0.15, 0.2) is 0 Å². The number of aliphatic hydroxyl groups excluding tert-OH is 1. The maximum absolute atomic E-state index is 9.22. The van der Waals surface area contributed by atoms with E-state index in [2.05, 4.69) is 64.1 Å². The first-order chi connectivity index (χ1) is 22.0. The molecule has 2 fully saturated rings. The van der Waals surface area contributed by atoms with Crippen LogP contribution in [-0.2, 0) is 0 Å². The molecule has 46 heavy (non-hydrogen) atoms. The summed E-state index contributed by atoms with van der Waals surface area (Å²) >= 11 is 2.72. The Labute approximate surface area is 304 Å². The van der Waals surface area contributed by atoms with Crippen LogP contribution >= 0.6 is 22.6 Å². The normalized spacial score (nSPS) is 27.7. The smallest absolute Gasteiger partial charge is 0.0431 e. The molecule has 1 nitrogen and oxygen atoms in total. The van der Waals surface area contributed by atoms with E-state index in [9.17, 15) is 5.11 Å². The van der Waals surface area contributed by atoms with Gasteiger partial charge in [-0.25, -0.2) is 0 Å². The van der Waals surface area contributed by atoms with Gasteiger partial charge >= 0.3 is 0 Å². The summed E-state index contributed by atoms with van der Waals surface area (Å²) < 4.78 is 1.36. The van der Waals surface area contributed by atoms with Gasteiger partial charge in [-0.1, -0.05) is 186 Å². The van der Waals surface area contributed by atoms with Crippen molar-refractivity contribution in [2.75, 3.05) is 11.0 Å². The fourth-order valence-corrected chi connectivity index (χ4v) is 11.1. The summed E-state index contributed by atoms with van der Waals surface area (Å²) in [6.07, 6.45) is 42.5. The highest BCUT2D eigenvalue weighted by Gasteiger charge is 2.46. The van der Waals surface area contributed by atoms with E-state index in [1.54, 1.807) is 0 Å². The highest BCUT2D eigenvalue weighted by atomic mass is 127. The second-order valence-corrected chi connectivity index (χ2v) is 19.4. The van der Waals surface area contributed by atoms with Crippen molar-refractivity contribution in [3.8, 4) is 0 Å². The summed E-state index contributed by atoms with van der Waals surface area (Å²) in [5, 5.41) is 9.22. The fourth-order valence-electron chi connectivity index (χ4n) is 10.5. The van der Waals surface area contributed by atoms with Gasteiger partial charge in [0.05, 0.1) is 0 Å². The number of halogens is 1. The molecule has 0 heterocycles. The quantitative estimate of drug-likeness (QED) is 0.0702. The lowest BCUT2D eigenvalue weighted by Gasteiger charge is -2.45. The van der Waals surface area contributed by atoms with E-state index in [0.717, 1.165) is 18.3 Å². The van der Waals surface area contributed by atoms with Gasteiger partial charge in [-0.3, -0.25) is 0 Å². The van der Waals surface area contributed by atoms with Crippen LogP contribution in [0.1, 0.15) is 234 Å². The van der Waals surface area contributed by atoms with Gasteiger partial charge in [0, 0.05) is 11.0 Å². The molecule has 2 rings (SSSR count). The van der Waals surface area contributed by atoms with Crippen LogP contribution in [0.5, 0.6) is 0 Å². The molecular formula is C44H85IO. The first-order valence-corrected chi connectivity index (χ1v) is 22.7. The first-order valence-electron chi connectivity index (χ1n) is 21.2. The summed E-state index contributed by atoms with van der Waals surface area (Å²) in [7, 11) is 0. The molecule has 0 saturated heterocycles. The Hall–Kier alpha value is 0.690. The molecule has 0 aromatic carbocycles. The molecule has 0 radical (unpaired) electrons. The molecule has 2 aliphatic rings. The van der Waals surface area contributed by atoms with Crippen molar-refractivity contribution in [2.24, 2.45) is 33.5 Å². The zero-order chi connectivity index (χ0) is 33.8. The second kappa shape index (κ2) is 23.2. The van der Waals surface area contributed by atoms with E-state index in [1.807, 2.05) is 0 Å². The molecule has 0 aromatic heterocycles. The lowest BCUT2D eigenvalue weighted by molar-refractivity contribution is 0.0611. The Kier molecular flexibility index (Phi) is 21.6. The molecule has 0 bridgehead atoms. The van der Waals surface area contributed by atoms with E-state index in [-0.39, 0.29) is 0 Å². The minimum atomic E-state index is 0.361. The van der Waals surface area contributed by atoms with E-state index < -0.39 is 0 Å². The van der Waals surface area contributed by atoms with Gasteiger partial charge in [0.2, 0.25) is 0 Å². The van der Waals surface area contributed by atoms with Crippen molar-refractivity contribution in [1.29, 1.82) is 0 Å². The molecule has 2 saturated carbocycles. The van der Waals surface area contributed by atoms with Crippen LogP contribution in [0.2, 0.25) is 0 Å². The van der Waals surface area contributed by atoms with E-state index in [1.165, 1.54) is 191 Å². The fraction of sp³-hybridized carbons (Fsp3) is 1.00.